The summed E-state index contributed by atoms with van der Waals surface area (Å²) in [6.45, 7) is 6.71. The molecule has 0 aliphatic carbocycles. The van der Waals surface area contributed by atoms with Gasteiger partial charge in [0, 0.05) is 57.4 Å². The molecule has 3 aromatic heterocycles. The van der Waals surface area contributed by atoms with E-state index in [1.165, 1.54) is 5.01 Å². The third kappa shape index (κ3) is 5.02. The molecular formula is C25H29N7O3. The van der Waals surface area contributed by atoms with Crippen LogP contribution in [0.15, 0.2) is 41.5 Å². The number of pyridine rings is 3. The molecule has 182 valence electrons. The molecule has 2 N–H and O–H groups in total. The number of anilines is 1. The van der Waals surface area contributed by atoms with Crippen molar-refractivity contribution in [2.45, 2.75) is 32.7 Å². The van der Waals surface area contributed by atoms with Crippen molar-refractivity contribution in [1.82, 2.24) is 30.3 Å². The number of aromatic amines is 1. The van der Waals surface area contributed by atoms with Crippen LogP contribution in [0.25, 0.3) is 11.0 Å². The number of rotatable bonds is 6. The van der Waals surface area contributed by atoms with Gasteiger partial charge in [-0.05, 0) is 42.7 Å². The van der Waals surface area contributed by atoms with E-state index in [-0.39, 0.29) is 17.4 Å². The predicted octanol–water partition coefficient (Wildman–Crippen LogP) is 1.47. The molecule has 0 bridgehead atoms. The lowest BCUT2D eigenvalue weighted by molar-refractivity contribution is -0.129. The van der Waals surface area contributed by atoms with Crippen molar-refractivity contribution in [3.63, 3.8) is 0 Å². The zero-order chi connectivity index (χ0) is 24.4. The summed E-state index contributed by atoms with van der Waals surface area (Å²) in [4.78, 5) is 52.6. The van der Waals surface area contributed by atoms with Gasteiger partial charge in [0.1, 0.15) is 5.69 Å². The number of nitrogens with zero attached hydrogens (tertiary/aromatic N) is 5. The second-order valence-electron chi connectivity index (χ2n) is 9.01. The van der Waals surface area contributed by atoms with E-state index in [9.17, 15) is 14.4 Å². The molecule has 0 atom stereocenters. The van der Waals surface area contributed by atoms with Gasteiger partial charge in [0.25, 0.3) is 11.5 Å². The molecule has 2 saturated heterocycles. The van der Waals surface area contributed by atoms with Crippen LogP contribution >= 0.6 is 0 Å². The fourth-order valence-electron chi connectivity index (χ4n) is 4.59. The molecule has 0 aromatic carbocycles. The number of hydrazine groups is 1. The van der Waals surface area contributed by atoms with E-state index in [1.807, 2.05) is 31.3 Å². The van der Waals surface area contributed by atoms with Crippen molar-refractivity contribution >= 4 is 28.5 Å². The van der Waals surface area contributed by atoms with Crippen LogP contribution in [0.4, 0.5) is 5.69 Å². The first-order chi connectivity index (χ1) is 17.0. The van der Waals surface area contributed by atoms with Gasteiger partial charge in [0.15, 0.2) is 0 Å². The number of fused-ring (bicyclic) bond motifs is 1. The topological polar surface area (TPSA) is 115 Å². The van der Waals surface area contributed by atoms with Gasteiger partial charge in [-0.3, -0.25) is 34.7 Å². The summed E-state index contributed by atoms with van der Waals surface area (Å²) < 4.78 is 0. The molecule has 5 rings (SSSR count). The molecule has 0 spiro atoms. The van der Waals surface area contributed by atoms with Gasteiger partial charge in [0.05, 0.1) is 22.9 Å². The Morgan fingerprint density at radius 2 is 1.89 bits per heavy atom. The Kier molecular flexibility index (Phi) is 6.45. The van der Waals surface area contributed by atoms with Crippen molar-refractivity contribution in [1.29, 1.82) is 0 Å². The predicted molar refractivity (Wildman–Crippen MR) is 132 cm³/mol. The van der Waals surface area contributed by atoms with E-state index in [0.29, 0.717) is 25.1 Å². The van der Waals surface area contributed by atoms with E-state index >= 15 is 0 Å². The highest BCUT2D eigenvalue weighted by Crippen LogP contribution is 2.18. The quantitative estimate of drug-likeness (QED) is 0.555. The van der Waals surface area contributed by atoms with E-state index in [4.69, 9.17) is 0 Å². The number of hydrogen-bond donors (Lipinski definition) is 2. The van der Waals surface area contributed by atoms with E-state index in [2.05, 4.69) is 30.2 Å². The smallest absolute Gasteiger partial charge is 0.288 e. The minimum Gasteiger partial charge on any atom is -0.368 e. The third-order valence-corrected chi connectivity index (χ3v) is 6.64. The van der Waals surface area contributed by atoms with Gasteiger partial charge < -0.3 is 9.88 Å². The lowest BCUT2D eigenvalue weighted by Gasteiger charge is -2.36. The molecule has 2 aliphatic rings. The molecular weight excluding hydrogens is 446 g/mol. The molecule has 2 aliphatic heterocycles. The molecule has 0 radical (unpaired) electrons. The lowest BCUT2D eigenvalue weighted by atomic mass is 10.1. The first kappa shape index (κ1) is 23.0. The average Bonchev–Trinajstić information content (AvgIpc) is 3.28. The summed E-state index contributed by atoms with van der Waals surface area (Å²) in [5.41, 5.74) is 7.24. The summed E-state index contributed by atoms with van der Waals surface area (Å²) in [5.74, 6) is -0.431. The van der Waals surface area contributed by atoms with Crippen molar-refractivity contribution in [3.05, 3.63) is 63.8 Å². The Bertz CT molecular complexity index is 1300. The highest BCUT2D eigenvalue weighted by molar-refractivity contribution is 5.94. The maximum atomic E-state index is 12.4. The van der Waals surface area contributed by atoms with Crippen LogP contribution in [0.1, 0.15) is 41.4 Å². The molecule has 0 saturated carbocycles. The first-order valence-corrected chi connectivity index (χ1v) is 12.1. The highest BCUT2D eigenvalue weighted by Gasteiger charge is 2.23. The van der Waals surface area contributed by atoms with Gasteiger partial charge in [-0.25, -0.2) is 4.98 Å². The largest absolute Gasteiger partial charge is 0.368 e. The van der Waals surface area contributed by atoms with Gasteiger partial charge >= 0.3 is 0 Å². The maximum Gasteiger partial charge on any atom is 0.288 e. The SMILES string of the molecule is CCc1cc2ncc(CN3CCN(c4ccc(C(=O)NN5CCCC5=O)nc4)CC3)cc2[nH]c1=O. The maximum absolute atomic E-state index is 12.4. The first-order valence-electron chi connectivity index (χ1n) is 12.1. The van der Waals surface area contributed by atoms with Crippen LogP contribution in [0, 0.1) is 0 Å². The zero-order valence-corrected chi connectivity index (χ0v) is 19.8. The number of carbonyl (C=O) groups excluding carboxylic acids is 2. The average molecular weight is 476 g/mol. The lowest BCUT2D eigenvalue weighted by Crippen LogP contribution is -2.46. The standard InChI is InChI=1S/C25H29N7O3/c1-2-18-13-21-22(28-24(18)34)12-17(14-26-21)16-30-8-10-31(11-9-30)19-5-6-20(27-15-19)25(35)29-32-7-3-4-23(32)33/h5-6,12-15H,2-4,7-11,16H2,1H3,(H,28,34)(H,29,35). The minimum absolute atomic E-state index is 0.0470. The van der Waals surface area contributed by atoms with E-state index in [0.717, 1.165) is 67.0 Å². The number of H-pyrrole nitrogens is 1. The van der Waals surface area contributed by atoms with Crippen molar-refractivity contribution < 1.29 is 9.59 Å². The number of piperazine rings is 1. The van der Waals surface area contributed by atoms with Crippen LogP contribution in [0.2, 0.25) is 0 Å². The molecule has 2 fully saturated rings. The molecule has 2 amide bonds. The fraction of sp³-hybridized carbons (Fsp3) is 0.400. The van der Waals surface area contributed by atoms with Gasteiger partial charge in [-0.1, -0.05) is 6.92 Å². The van der Waals surface area contributed by atoms with Crippen LogP contribution < -0.4 is 15.9 Å². The Hall–Kier alpha value is -3.79. The molecule has 3 aromatic rings. The molecule has 35 heavy (non-hydrogen) atoms. The summed E-state index contributed by atoms with van der Waals surface area (Å²) in [5, 5.41) is 1.36. The fourth-order valence-corrected chi connectivity index (χ4v) is 4.59. The molecule has 10 nitrogen and oxygen atoms in total. The molecule has 0 unspecified atom stereocenters. The van der Waals surface area contributed by atoms with Gasteiger partial charge in [-0.15, -0.1) is 0 Å². The Balaban J connectivity index is 1.16. The molecule has 5 heterocycles. The van der Waals surface area contributed by atoms with E-state index < -0.39 is 0 Å². The summed E-state index contributed by atoms with van der Waals surface area (Å²) in [6.07, 6.45) is 5.51. The van der Waals surface area contributed by atoms with Crippen LogP contribution in [0.3, 0.4) is 0 Å². The van der Waals surface area contributed by atoms with Crippen molar-refractivity contribution in [2.75, 3.05) is 37.6 Å². The van der Waals surface area contributed by atoms with E-state index in [1.54, 1.807) is 12.3 Å². The Morgan fingerprint density at radius 3 is 2.57 bits per heavy atom. The number of hydrogen-bond acceptors (Lipinski definition) is 7. The van der Waals surface area contributed by atoms with Crippen molar-refractivity contribution in [2.24, 2.45) is 0 Å². The Labute approximate surface area is 202 Å². The number of carbonyl (C=O) groups is 2. The highest BCUT2D eigenvalue weighted by atomic mass is 16.2. The summed E-state index contributed by atoms with van der Waals surface area (Å²) in [6, 6.07) is 7.48. The zero-order valence-electron chi connectivity index (χ0n) is 19.8. The van der Waals surface area contributed by atoms with Gasteiger partial charge in [-0.2, -0.15) is 0 Å². The second-order valence-corrected chi connectivity index (χ2v) is 9.01. The minimum atomic E-state index is -0.368. The Morgan fingerprint density at radius 1 is 1.06 bits per heavy atom. The monoisotopic (exact) mass is 475 g/mol. The number of nitrogens with one attached hydrogen (secondary N) is 2. The third-order valence-electron chi connectivity index (χ3n) is 6.64. The summed E-state index contributed by atoms with van der Waals surface area (Å²) >= 11 is 0. The van der Waals surface area contributed by atoms with Crippen LogP contribution in [-0.4, -0.2) is 69.4 Å². The number of aromatic nitrogens is 3. The second kappa shape index (κ2) is 9.83. The molecule has 10 heteroatoms. The summed E-state index contributed by atoms with van der Waals surface area (Å²) in [7, 11) is 0. The van der Waals surface area contributed by atoms with Gasteiger partial charge in [0.2, 0.25) is 5.91 Å². The normalized spacial score (nSPS) is 16.8. The van der Waals surface area contributed by atoms with Crippen LogP contribution in [0.5, 0.6) is 0 Å². The number of aryl methyl sites for hydroxylation is 1. The van der Waals surface area contributed by atoms with Crippen LogP contribution in [-0.2, 0) is 17.8 Å². The number of amides is 2. The van der Waals surface area contributed by atoms with Crippen molar-refractivity contribution in [3.8, 4) is 0 Å².